The molecule has 2 heterocycles. The summed E-state index contributed by atoms with van der Waals surface area (Å²) < 4.78 is 20.0. The fourth-order valence-corrected chi connectivity index (χ4v) is 2.30. The number of carbonyl (C=O) groups is 1. The minimum Gasteiger partial charge on any atom is -0.480 e. The highest BCUT2D eigenvalue weighted by Crippen LogP contribution is 2.33. The lowest BCUT2D eigenvalue weighted by atomic mass is 10.1. The van der Waals surface area contributed by atoms with Gasteiger partial charge in [0.05, 0.1) is 17.3 Å². The van der Waals surface area contributed by atoms with E-state index in [0.717, 1.165) is 0 Å². The molecular formula is C14H8FN3O3. The Hall–Kier alpha value is -3.14. The van der Waals surface area contributed by atoms with Crippen molar-refractivity contribution in [3.63, 3.8) is 0 Å². The Labute approximate surface area is 117 Å². The quantitative estimate of drug-likeness (QED) is 0.797. The standard InChI is InChI=1S/C14H8FN3O3/c15-8-1-2-11-9(5-8)10(6-16)13(14-17-3-4-21-14)18(11)7-12(19)20/h1-5H,7H2,(H,19,20). The van der Waals surface area contributed by atoms with E-state index in [0.29, 0.717) is 10.9 Å². The summed E-state index contributed by atoms with van der Waals surface area (Å²) in [6, 6.07) is 5.80. The van der Waals surface area contributed by atoms with Crippen molar-refractivity contribution in [1.82, 2.24) is 9.55 Å². The number of fused-ring (bicyclic) bond motifs is 1. The van der Waals surface area contributed by atoms with Crippen molar-refractivity contribution in [2.24, 2.45) is 0 Å². The first-order valence-corrected chi connectivity index (χ1v) is 5.95. The monoisotopic (exact) mass is 285 g/mol. The molecule has 0 fully saturated rings. The summed E-state index contributed by atoms with van der Waals surface area (Å²) in [5.74, 6) is -1.48. The number of hydrogen-bond donors (Lipinski definition) is 1. The van der Waals surface area contributed by atoms with E-state index in [9.17, 15) is 14.4 Å². The molecule has 0 aliphatic heterocycles. The van der Waals surface area contributed by atoms with Crippen LogP contribution in [0.25, 0.3) is 22.5 Å². The zero-order valence-corrected chi connectivity index (χ0v) is 10.6. The Bertz CT molecular complexity index is 875. The summed E-state index contributed by atoms with van der Waals surface area (Å²) in [5.41, 5.74) is 0.794. The van der Waals surface area contributed by atoms with Gasteiger partial charge >= 0.3 is 5.97 Å². The van der Waals surface area contributed by atoms with Crippen LogP contribution in [0.4, 0.5) is 4.39 Å². The van der Waals surface area contributed by atoms with E-state index in [1.807, 2.05) is 6.07 Å². The maximum Gasteiger partial charge on any atom is 0.323 e. The second-order valence-electron chi connectivity index (χ2n) is 4.31. The Morgan fingerprint density at radius 2 is 2.33 bits per heavy atom. The molecule has 0 aliphatic rings. The van der Waals surface area contributed by atoms with Gasteiger partial charge in [-0.3, -0.25) is 4.79 Å². The lowest BCUT2D eigenvalue weighted by Crippen LogP contribution is -2.10. The number of carboxylic acid groups (broad SMARTS) is 1. The molecule has 21 heavy (non-hydrogen) atoms. The Kier molecular flexibility index (Phi) is 2.92. The van der Waals surface area contributed by atoms with Crippen LogP contribution in [0.5, 0.6) is 0 Å². The van der Waals surface area contributed by atoms with Crippen LogP contribution in [0.1, 0.15) is 5.56 Å². The summed E-state index contributed by atoms with van der Waals surface area (Å²) in [6.07, 6.45) is 2.71. The normalized spacial score (nSPS) is 10.7. The SMILES string of the molecule is N#Cc1c(-c2ncco2)n(CC(=O)O)c2ccc(F)cc12. The predicted molar refractivity (Wildman–Crippen MR) is 69.7 cm³/mol. The van der Waals surface area contributed by atoms with E-state index in [-0.39, 0.29) is 23.7 Å². The van der Waals surface area contributed by atoms with Gasteiger partial charge in [0.25, 0.3) is 0 Å². The van der Waals surface area contributed by atoms with E-state index >= 15 is 0 Å². The molecule has 0 saturated heterocycles. The van der Waals surface area contributed by atoms with Crippen molar-refractivity contribution >= 4 is 16.9 Å². The van der Waals surface area contributed by atoms with Crippen LogP contribution in [0.3, 0.4) is 0 Å². The van der Waals surface area contributed by atoms with Crippen LogP contribution in [-0.4, -0.2) is 20.6 Å². The van der Waals surface area contributed by atoms with Gasteiger partial charge in [0.2, 0.25) is 5.89 Å². The third-order valence-electron chi connectivity index (χ3n) is 3.07. The average Bonchev–Trinajstić information content (AvgIpc) is 3.04. The number of carboxylic acids is 1. The lowest BCUT2D eigenvalue weighted by Gasteiger charge is -2.05. The minimum atomic E-state index is -1.09. The maximum absolute atomic E-state index is 13.4. The molecule has 104 valence electrons. The number of nitriles is 1. The lowest BCUT2D eigenvalue weighted by molar-refractivity contribution is -0.137. The number of nitrogens with zero attached hydrogens (tertiary/aromatic N) is 3. The molecule has 3 aromatic rings. The summed E-state index contributed by atoms with van der Waals surface area (Å²) >= 11 is 0. The van der Waals surface area contributed by atoms with Gasteiger partial charge in [-0.2, -0.15) is 5.26 Å². The van der Waals surface area contributed by atoms with E-state index in [4.69, 9.17) is 9.52 Å². The molecule has 0 saturated carbocycles. The van der Waals surface area contributed by atoms with Gasteiger partial charge in [-0.1, -0.05) is 0 Å². The van der Waals surface area contributed by atoms with Crippen molar-refractivity contribution in [3.05, 3.63) is 42.0 Å². The highest BCUT2D eigenvalue weighted by atomic mass is 19.1. The Morgan fingerprint density at radius 3 is 2.95 bits per heavy atom. The van der Waals surface area contributed by atoms with Crippen LogP contribution >= 0.6 is 0 Å². The molecule has 0 spiro atoms. The van der Waals surface area contributed by atoms with Crippen molar-refractivity contribution in [2.75, 3.05) is 0 Å². The fourth-order valence-electron chi connectivity index (χ4n) is 2.30. The van der Waals surface area contributed by atoms with Crippen LogP contribution in [-0.2, 0) is 11.3 Å². The molecule has 7 heteroatoms. The molecular weight excluding hydrogens is 277 g/mol. The summed E-state index contributed by atoms with van der Waals surface area (Å²) in [7, 11) is 0. The molecule has 2 aromatic heterocycles. The minimum absolute atomic E-state index is 0.115. The van der Waals surface area contributed by atoms with Crippen LogP contribution in [0.15, 0.2) is 35.1 Å². The number of oxazole rings is 1. The number of aromatic nitrogens is 2. The van der Waals surface area contributed by atoms with Gasteiger partial charge < -0.3 is 14.1 Å². The van der Waals surface area contributed by atoms with Gasteiger partial charge in [0, 0.05) is 5.39 Å². The van der Waals surface area contributed by atoms with Crippen molar-refractivity contribution in [3.8, 4) is 17.7 Å². The number of benzene rings is 1. The third-order valence-corrected chi connectivity index (χ3v) is 3.07. The van der Waals surface area contributed by atoms with Gasteiger partial charge in [-0.25, -0.2) is 9.37 Å². The van der Waals surface area contributed by atoms with Crippen LogP contribution < -0.4 is 0 Å². The molecule has 6 nitrogen and oxygen atoms in total. The van der Waals surface area contributed by atoms with Crippen molar-refractivity contribution in [2.45, 2.75) is 6.54 Å². The topological polar surface area (TPSA) is 92.0 Å². The molecule has 0 aliphatic carbocycles. The molecule has 1 aromatic carbocycles. The molecule has 0 atom stereocenters. The maximum atomic E-state index is 13.4. The zero-order chi connectivity index (χ0) is 15.0. The van der Waals surface area contributed by atoms with Crippen LogP contribution in [0, 0.1) is 17.1 Å². The first-order chi connectivity index (χ1) is 10.1. The summed E-state index contributed by atoms with van der Waals surface area (Å²) in [6.45, 7) is -0.387. The van der Waals surface area contributed by atoms with Gasteiger partial charge in [0.1, 0.15) is 30.4 Å². The van der Waals surface area contributed by atoms with E-state index in [1.165, 1.54) is 35.2 Å². The van der Waals surface area contributed by atoms with E-state index in [1.54, 1.807) is 0 Å². The third kappa shape index (κ3) is 2.03. The fraction of sp³-hybridized carbons (Fsp3) is 0.0714. The number of halogens is 1. The second kappa shape index (κ2) is 4.76. The molecule has 0 radical (unpaired) electrons. The summed E-state index contributed by atoms with van der Waals surface area (Å²) in [5, 5.41) is 18.7. The number of rotatable bonds is 3. The molecule has 3 rings (SSSR count). The van der Waals surface area contributed by atoms with Gasteiger partial charge in [0.15, 0.2) is 0 Å². The average molecular weight is 285 g/mol. The molecule has 0 bridgehead atoms. The largest absolute Gasteiger partial charge is 0.480 e. The predicted octanol–water partition coefficient (Wildman–Crippen LogP) is 2.39. The van der Waals surface area contributed by atoms with E-state index in [2.05, 4.69) is 4.98 Å². The summed E-state index contributed by atoms with van der Waals surface area (Å²) in [4.78, 5) is 15.0. The Balaban J connectivity index is 2.42. The van der Waals surface area contributed by atoms with E-state index < -0.39 is 11.8 Å². The first-order valence-electron chi connectivity index (χ1n) is 5.95. The van der Waals surface area contributed by atoms with Crippen molar-refractivity contribution < 1.29 is 18.7 Å². The van der Waals surface area contributed by atoms with Gasteiger partial charge in [-0.05, 0) is 18.2 Å². The van der Waals surface area contributed by atoms with Gasteiger partial charge in [-0.15, -0.1) is 0 Å². The Morgan fingerprint density at radius 1 is 1.52 bits per heavy atom. The smallest absolute Gasteiger partial charge is 0.323 e. The highest BCUT2D eigenvalue weighted by Gasteiger charge is 2.23. The molecule has 1 N–H and O–H groups in total. The zero-order valence-electron chi connectivity index (χ0n) is 10.6. The second-order valence-corrected chi connectivity index (χ2v) is 4.31. The number of hydrogen-bond acceptors (Lipinski definition) is 4. The molecule has 0 amide bonds. The number of aliphatic carboxylic acids is 1. The van der Waals surface area contributed by atoms with Crippen molar-refractivity contribution in [1.29, 1.82) is 5.26 Å². The highest BCUT2D eigenvalue weighted by molar-refractivity contribution is 5.94. The molecule has 0 unspecified atom stereocenters. The first kappa shape index (κ1) is 12.9. The van der Waals surface area contributed by atoms with Crippen LogP contribution in [0.2, 0.25) is 0 Å².